The van der Waals surface area contributed by atoms with Gasteiger partial charge in [0, 0.05) is 47.8 Å². The molecule has 1 heterocycles. The average Bonchev–Trinajstić information content (AvgIpc) is 2.82. The van der Waals surface area contributed by atoms with Gasteiger partial charge in [-0.25, -0.2) is 0 Å². The highest BCUT2D eigenvalue weighted by atomic mass is 35.5. The lowest BCUT2D eigenvalue weighted by Crippen LogP contribution is -2.30. The highest BCUT2D eigenvalue weighted by molar-refractivity contribution is 6.30. The number of carbonyl (C=O) groups is 2. The molecule has 0 spiro atoms. The molecule has 2 aromatic carbocycles. The van der Waals surface area contributed by atoms with Crippen molar-refractivity contribution in [3.05, 3.63) is 81.3 Å². The highest BCUT2D eigenvalue weighted by Crippen LogP contribution is 2.48. The molecule has 33 heavy (non-hydrogen) atoms. The van der Waals surface area contributed by atoms with Crippen molar-refractivity contribution in [1.82, 2.24) is 0 Å². The van der Waals surface area contributed by atoms with E-state index in [9.17, 15) is 9.59 Å². The predicted octanol–water partition coefficient (Wildman–Crippen LogP) is 6.06. The molecular formula is C27H25ClO5. The van der Waals surface area contributed by atoms with Crippen LogP contribution in [0.2, 0.25) is 5.02 Å². The van der Waals surface area contributed by atoms with E-state index in [1.54, 1.807) is 7.11 Å². The van der Waals surface area contributed by atoms with Gasteiger partial charge in [-0.05, 0) is 48.2 Å². The molecule has 0 unspecified atom stereocenters. The number of carbonyl (C=O) groups excluding carboxylic acids is 2. The summed E-state index contributed by atoms with van der Waals surface area (Å²) < 4.78 is 17.7. The van der Waals surface area contributed by atoms with Crippen LogP contribution in [-0.2, 0) is 20.9 Å². The van der Waals surface area contributed by atoms with Gasteiger partial charge in [-0.15, -0.1) is 0 Å². The number of allylic oxidation sites excluding steroid dienone is 4. The minimum atomic E-state index is -0.416. The fourth-order valence-electron chi connectivity index (χ4n) is 4.92. The lowest BCUT2D eigenvalue weighted by molar-refractivity contribution is -0.117. The third-order valence-electron chi connectivity index (χ3n) is 6.45. The maximum absolute atomic E-state index is 13.0. The Hall–Kier alpha value is -3.05. The Morgan fingerprint density at radius 1 is 0.909 bits per heavy atom. The summed E-state index contributed by atoms with van der Waals surface area (Å²) >= 11 is 6.07. The Morgan fingerprint density at radius 3 is 2.24 bits per heavy atom. The van der Waals surface area contributed by atoms with Crippen molar-refractivity contribution in [2.45, 2.75) is 51.0 Å². The summed E-state index contributed by atoms with van der Waals surface area (Å²) in [5.74, 6) is 2.30. The maximum Gasteiger partial charge on any atom is 0.163 e. The normalized spacial score (nSPS) is 18.6. The van der Waals surface area contributed by atoms with Gasteiger partial charge in [0.25, 0.3) is 0 Å². The molecule has 2 aliphatic carbocycles. The fourth-order valence-corrected chi connectivity index (χ4v) is 5.13. The van der Waals surface area contributed by atoms with E-state index in [-0.39, 0.29) is 11.6 Å². The van der Waals surface area contributed by atoms with Crippen LogP contribution in [0.5, 0.6) is 11.5 Å². The minimum absolute atomic E-state index is 0.0615. The van der Waals surface area contributed by atoms with Gasteiger partial charge in [0.05, 0.1) is 7.11 Å². The van der Waals surface area contributed by atoms with Gasteiger partial charge in [0.2, 0.25) is 0 Å². The second-order valence-corrected chi connectivity index (χ2v) is 9.03. The third kappa shape index (κ3) is 4.18. The SMILES string of the molecule is COc1cc(C2C3=C(CCCC3=O)OC3=C2C(=O)CCC3)ccc1OCc1cccc(Cl)c1. The van der Waals surface area contributed by atoms with Crippen LogP contribution in [-0.4, -0.2) is 18.7 Å². The number of ketones is 2. The van der Waals surface area contributed by atoms with E-state index in [1.807, 2.05) is 42.5 Å². The number of hydrogen-bond donors (Lipinski definition) is 0. The van der Waals surface area contributed by atoms with E-state index in [1.165, 1.54) is 0 Å². The lowest BCUT2D eigenvalue weighted by atomic mass is 9.73. The molecular weight excluding hydrogens is 440 g/mol. The van der Waals surface area contributed by atoms with Crippen molar-refractivity contribution in [3.8, 4) is 11.5 Å². The Bertz CT molecular complexity index is 1150. The van der Waals surface area contributed by atoms with E-state index in [0.29, 0.717) is 47.1 Å². The van der Waals surface area contributed by atoms with Crippen molar-refractivity contribution < 1.29 is 23.8 Å². The zero-order valence-electron chi connectivity index (χ0n) is 18.5. The third-order valence-corrected chi connectivity index (χ3v) is 6.68. The molecule has 0 atom stereocenters. The minimum Gasteiger partial charge on any atom is -0.493 e. The topological polar surface area (TPSA) is 61.8 Å². The molecule has 0 N–H and O–H groups in total. The Balaban J connectivity index is 1.51. The van der Waals surface area contributed by atoms with E-state index in [0.717, 1.165) is 48.3 Å². The quantitative estimate of drug-likeness (QED) is 0.538. The number of halogens is 1. The van der Waals surface area contributed by atoms with Gasteiger partial charge < -0.3 is 14.2 Å². The predicted molar refractivity (Wildman–Crippen MR) is 124 cm³/mol. The van der Waals surface area contributed by atoms with Crippen molar-refractivity contribution in [3.63, 3.8) is 0 Å². The van der Waals surface area contributed by atoms with E-state index < -0.39 is 5.92 Å². The molecule has 0 radical (unpaired) electrons. The largest absolute Gasteiger partial charge is 0.493 e. The summed E-state index contributed by atoms with van der Waals surface area (Å²) in [6.07, 6.45) is 3.96. The van der Waals surface area contributed by atoms with E-state index in [2.05, 4.69) is 0 Å². The van der Waals surface area contributed by atoms with Gasteiger partial charge in [0.15, 0.2) is 23.1 Å². The van der Waals surface area contributed by atoms with Crippen molar-refractivity contribution >= 4 is 23.2 Å². The van der Waals surface area contributed by atoms with Crippen molar-refractivity contribution in [2.75, 3.05) is 7.11 Å². The number of Topliss-reactive ketones (excluding diaryl/α,β-unsaturated/α-hetero) is 2. The number of hydrogen-bond acceptors (Lipinski definition) is 5. The summed E-state index contributed by atoms with van der Waals surface area (Å²) in [5.41, 5.74) is 3.05. The molecule has 5 rings (SSSR count). The number of rotatable bonds is 5. The highest BCUT2D eigenvalue weighted by Gasteiger charge is 2.41. The van der Waals surface area contributed by atoms with Crippen LogP contribution < -0.4 is 9.47 Å². The Labute approximate surface area is 198 Å². The first-order valence-corrected chi connectivity index (χ1v) is 11.7. The van der Waals surface area contributed by atoms with Crippen molar-refractivity contribution in [1.29, 1.82) is 0 Å². The smallest absolute Gasteiger partial charge is 0.163 e. The van der Waals surface area contributed by atoms with Gasteiger partial charge in [-0.2, -0.15) is 0 Å². The zero-order valence-corrected chi connectivity index (χ0v) is 19.2. The molecule has 0 amide bonds. The molecule has 0 fully saturated rings. The molecule has 3 aliphatic rings. The summed E-state index contributed by atoms with van der Waals surface area (Å²) in [5, 5.41) is 0.653. The molecule has 1 aliphatic heterocycles. The molecule has 2 aromatic rings. The van der Waals surface area contributed by atoms with Gasteiger partial charge in [0.1, 0.15) is 18.1 Å². The Kier molecular flexibility index (Phi) is 5.98. The number of benzene rings is 2. The van der Waals surface area contributed by atoms with Crippen LogP contribution in [0.15, 0.2) is 65.1 Å². The van der Waals surface area contributed by atoms with Gasteiger partial charge in [-0.3, -0.25) is 9.59 Å². The van der Waals surface area contributed by atoms with Crippen LogP contribution in [0.3, 0.4) is 0 Å². The first-order chi connectivity index (χ1) is 16.0. The molecule has 170 valence electrons. The van der Waals surface area contributed by atoms with Crippen LogP contribution in [0.25, 0.3) is 0 Å². The molecule has 6 heteroatoms. The molecule has 0 bridgehead atoms. The number of methoxy groups -OCH3 is 1. The first kappa shape index (κ1) is 21.8. The Morgan fingerprint density at radius 2 is 1.61 bits per heavy atom. The summed E-state index contributed by atoms with van der Waals surface area (Å²) in [6, 6.07) is 13.1. The molecule has 0 saturated heterocycles. The lowest BCUT2D eigenvalue weighted by Gasteiger charge is -2.36. The molecule has 0 saturated carbocycles. The monoisotopic (exact) mass is 464 g/mol. The first-order valence-electron chi connectivity index (χ1n) is 11.3. The van der Waals surface area contributed by atoms with Crippen molar-refractivity contribution in [2.24, 2.45) is 0 Å². The zero-order chi connectivity index (χ0) is 22.9. The standard InChI is InChI=1S/C27H25ClO5/c1-31-24-14-17(11-12-21(24)32-15-16-5-2-6-18(28)13-16)25-26-19(29)7-3-9-22(26)33-23-10-4-8-20(30)27(23)25/h2,5-6,11-14,25H,3-4,7-10,15H2,1H3. The second kappa shape index (κ2) is 9.06. The summed E-state index contributed by atoms with van der Waals surface area (Å²) in [6.45, 7) is 0.342. The van der Waals surface area contributed by atoms with Gasteiger partial charge >= 0.3 is 0 Å². The second-order valence-electron chi connectivity index (χ2n) is 8.59. The number of ether oxygens (including phenoxy) is 3. The van der Waals surface area contributed by atoms with Gasteiger partial charge in [-0.1, -0.05) is 29.8 Å². The average molecular weight is 465 g/mol. The molecule has 5 nitrogen and oxygen atoms in total. The maximum atomic E-state index is 13.0. The summed E-state index contributed by atoms with van der Waals surface area (Å²) in [4.78, 5) is 25.9. The fraction of sp³-hybridized carbons (Fsp3) is 0.333. The summed E-state index contributed by atoms with van der Waals surface area (Å²) in [7, 11) is 1.59. The van der Waals surface area contributed by atoms with Crippen LogP contribution in [0.4, 0.5) is 0 Å². The van der Waals surface area contributed by atoms with Crippen LogP contribution in [0, 0.1) is 0 Å². The van der Waals surface area contributed by atoms with E-state index in [4.69, 9.17) is 25.8 Å². The molecule has 0 aromatic heterocycles. The van der Waals surface area contributed by atoms with Crippen LogP contribution in [0.1, 0.15) is 55.6 Å². The van der Waals surface area contributed by atoms with E-state index >= 15 is 0 Å². The van der Waals surface area contributed by atoms with Crippen LogP contribution >= 0.6 is 11.6 Å².